The van der Waals surface area contributed by atoms with Gasteiger partial charge in [-0.25, -0.2) is 14.0 Å². The Morgan fingerprint density at radius 3 is 2.43 bits per heavy atom. The smallest absolute Gasteiger partial charge is 0.407 e. The van der Waals surface area contributed by atoms with Crippen molar-refractivity contribution in [2.75, 3.05) is 0 Å². The van der Waals surface area contributed by atoms with Crippen LogP contribution in [0.4, 0.5) is 9.18 Å². The third kappa shape index (κ3) is 5.06. The number of rotatable bonds is 4. The van der Waals surface area contributed by atoms with Gasteiger partial charge in [0.2, 0.25) is 0 Å². The van der Waals surface area contributed by atoms with Gasteiger partial charge in [0.1, 0.15) is 11.4 Å². The summed E-state index contributed by atoms with van der Waals surface area (Å²) in [5.41, 5.74) is 0.138. The van der Waals surface area contributed by atoms with Crippen molar-refractivity contribution < 1.29 is 23.8 Å². The lowest BCUT2D eigenvalue weighted by Gasteiger charge is -2.20. The average molecular weight is 297 g/mol. The first-order chi connectivity index (χ1) is 9.64. The van der Waals surface area contributed by atoms with E-state index >= 15 is 0 Å². The molecule has 0 atom stereocenters. The molecule has 0 saturated carbocycles. The Morgan fingerprint density at radius 1 is 1.33 bits per heavy atom. The Labute approximate surface area is 123 Å². The molecule has 0 heterocycles. The van der Waals surface area contributed by atoms with Crippen LogP contribution in [0.2, 0.25) is 0 Å². The summed E-state index contributed by atoms with van der Waals surface area (Å²) in [5.74, 6) is -1.84. The molecule has 0 aliphatic heterocycles. The Kier molecular flexibility index (Phi) is 5.29. The minimum atomic E-state index is -1.23. The summed E-state index contributed by atoms with van der Waals surface area (Å²) in [5, 5.41) is 11.6. The van der Waals surface area contributed by atoms with Crippen molar-refractivity contribution in [3.8, 4) is 0 Å². The van der Waals surface area contributed by atoms with Crippen molar-refractivity contribution in [1.82, 2.24) is 5.32 Å². The Hall–Kier alpha value is -2.11. The molecular formula is C15H20FNO4. The van der Waals surface area contributed by atoms with E-state index < -0.39 is 23.5 Å². The van der Waals surface area contributed by atoms with Crippen LogP contribution >= 0.6 is 0 Å². The van der Waals surface area contributed by atoms with Crippen molar-refractivity contribution in [3.05, 3.63) is 34.6 Å². The van der Waals surface area contributed by atoms with Crippen molar-refractivity contribution in [2.24, 2.45) is 0 Å². The predicted molar refractivity (Wildman–Crippen MR) is 75.8 cm³/mol. The number of aryl methyl sites for hydroxylation is 1. The van der Waals surface area contributed by atoms with Gasteiger partial charge in [-0.3, -0.25) is 0 Å². The fourth-order valence-corrected chi connectivity index (χ4v) is 1.88. The van der Waals surface area contributed by atoms with Crippen LogP contribution < -0.4 is 5.32 Å². The fourth-order valence-electron chi connectivity index (χ4n) is 1.88. The number of carboxylic acids is 1. The minimum Gasteiger partial charge on any atom is -0.478 e. The summed E-state index contributed by atoms with van der Waals surface area (Å²) < 4.78 is 18.5. The van der Waals surface area contributed by atoms with E-state index in [1.54, 1.807) is 27.7 Å². The van der Waals surface area contributed by atoms with Crippen molar-refractivity contribution in [3.63, 3.8) is 0 Å². The van der Waals surface area contributed by atoms with Gasteiger partial charge in [0.15, 0.2) is 0 Å². The SMILES string of the molecule is CCc1cc(F)cc(C(=O)O)c1CNC(=O)OC(C)(C)C. The van der Waals surface area contributed by atoms with E-state index in [1.807, 2.05) is 0 Å². The zero-order chi connectivity index (χ0) is 16.2. The number of amides is 1. The highest BCUT2D eigenvalue weighted by Crippen LogP contribution is 2.19. The molecule has 1 aromatic carbocycles. The van der Waals surface area contributed by atoms with Gasteiger partial charge in [-0.1, -0.05) is 6.92 Å². The summed E-state index contributed by atoms with van der Waals surface area (Å²) in [4.78, 5) is 22.8. The molecule has 1 aromatic rings. The molecule has 6 heteroatoms. The van der Waals surface area contributed by atoms with Crippen LogP contribution in [0.5, 0.6) is 0 Å². The molecular weight excluding hydrogens is 277 g/mol. The van der Waals surface area contributed by atoms with Gasteiger partial charge < -0.3 is 15.2 Å². The summed E-state index contributed by atoms with van der Waals surface area (Å²) in [6.07, 6.45) is -0.186. The van der Waals surface area contributed by atoms with Crippen LogP contribution in [0.25, 0.3) is 0 Å². The molecule has 116 valence electrons. The van der Waals surface area contributed by atoms with E-state index in [9.17, 15) is 14.0 Å². The maximum atomic E-state index is 13.4. The van der Waals surface area contributed by atoms with Gasteiger partial charge in [-0.05, 0) is 50.5 Å². The van der Waals surface area contributed by atoms with Crippen LogP contribution in [0.15, 0.2) is 12.1 Å². The van der Waals surface area contributed by atoms with Gasteiger partial charge >= 0.3 is 12.1 Å². The molecule has 0 aliphatic rings. The van der Waals surface area contributed by atoms with E-state index in [1.165, 1.54) is 6.07 Å². The van der Waals surface area contributed by atoms with Crippen molar-refractivity contribution in [1.29, 1.82) is 0 Å². The first-order valence-electron chi connectivity index (χ1n) is 6.65. The largest absolute Gasteiger partial charge is 0.478 e. The number of benzene rings is 1. The van der Waals surface area contributed by atoms with Gasteiger partial charge in [0, 0.05) is 6.54 Å². The molecule has 0 saturated heterocycles. The number of halogens is 1. The van der Waals surface area contributed by atoms with Gasteiger partial charge in [0.25, 0.3) is 0 Å². The summed E-state index contributed by atoms with van der Waals surface area (Å²) >= 11 is 0. The number of alkyl carbamates (subject to hydrolysis) is 1. The second kappa shape index (κ2) is 6.56. The molecule has 0 fully saturated rings. The lowest BCUT2D eigenvalue weighted by molar-refractivity contribution is 0.0520. The zero-order valence-electron chi connectivity index (χ0n) is 12.6. The molecule has 2 N–H and O–H groups in total. The highest BCUT2D eigenvalue weighted by molar-refractivity contribution is 5.90. The summed E-state index contributed by atoms with van der Waals surface area (Å²) in [7, 11) is 0. The molecule has 0 aromatic heterocycles. The quantitative estimate of drug-likeness (QED) is 0.895. The third-order valence-electron chi connectivity index (χ3n) is 2.73. The van der Waals surface area contributed by atoms with Gasteiger partial charge in [0.05, 0.1) is 5.56 Å². The molecule has 21 heavy (non-hydrogen) atoms. The number of hydrogen-bond donors (Lipinski definition) is 2. The van der Waals surface area contributed by atoms with E-state index in [-0.39, 0.29) is 12.1 Å². The van der Waals surface area contributed by atoms with Crippen LogP contribution in [0.1, 0.15) is 49.2 Å². The van der Waals surface area contributed by atoms with Crippen molar-refractivity contribution >= 4 is 12.1 Å². The maximum absolute atomic E-state index is 13.4. The highest BCUT2D eigenvalue weighted by Gasteiger charge is 2.19. The molecule has 0 aliphatic carbocycles. The molecule has 5 nitrogen and oxygen atoms in total. The standard InChI is InChI=1S/C15H20FNO4/c1-5-9-6-10(16)7-11(13(18)19)12(9)8-17-14(20)21-15(2,3)4/h6-7H,5,8H2,1-4H3,(H,17,20)(H,18,19). The first-order valence-corrected chi connectivity index (χ1v) is 6.65. The van der Waals surface area contributed by atoms with Crippen LogP contribution in [-0.2, 0) is 17.7 Å². The molecule has 1 rings (SSSR count). The summed E-state index contributed by atoms with van der Waals surface area (Å²) in [6, 6.07) is 2.23. The molecule has 1 amide bonds. The molecule has 0 unspecified atom stereocenters. The Balaban J connectivity index is 2.97. The Morgan fingerprint density at radius 2 is 1.95 bits per heavy atom. The normalized spacial score (nSPS) is 11.1. The number of carbonyl (C=O) groups excluding carboxylic acids is 1. The Bertz CT molecular complexity index is 549. The second-order valence-electron chi connectivity index (χ2n) is 5.61. The minimum absolute atomic E-state index is 0.0278. The maximum Gasteiger partial charge on any atom is 0.407 e. The zero-order valence-corrected chi connectivity index (χ0v) is 12.6. The third-order valence-corrected chi connectivity index (χ3v) is 2.73. The van der Waals surface area contributed by atoms with E-state index in [4.69, 9.17) is 9.84 Å². The van der Waals surface area contributed by atoms with Crippen LogP contribution in [-0.4, -0.2) is 22.8 Å². The monoisotopic (exact) mass is 297 g/mol. The average Bonchev–Trinajstić information content (AvgIpc) is 2.33. The summed E-state index contributed by atoms with van der Waals surface area (Å²) in [6.45, 7) is 6.94. The van der Waals surface area contributed by atoms with Gasteiger partial charge in [-0.2, -0.15) is 0 Å². The highest BCUT2D eigenvalue weighted by atomic mass is 19.1. The topological polar surface area (TPSA) is 75.6 Å². The lowest BCUT2D eigenvalue weighted by Crippen LogP contribution is -2.32. The number of nitrogens with one attached hydrogen (secondary N) is 1. The van der Waals surface area contributed by atoms with E-state index in [0.717, 1.165) is 6.07 Å². The molecule has 0 radical (unpaired) electrons. The molecule has 0 bridgehead atoms. The number of ether oxygens (including phenoxy) is 1. The van der Waals surface area contributed by atoms with Crippen molar-refractivity contribution in [2.45, 2.75) is 46.3 Å². The predicted octanol–water partition coefficient (Wildman–Crippen LogP) is 3.11. The van der Waals surface area contributed by atoms with E-state index in [2.05, 4.69) is 5.32 Å². The van der Waals surface area contributed by atoms with Crippen LogP contribution in [0, 0.1) is 5.82 Å². The second-order valence-corrected chi connectivity index (χ2v) is 5.61. The number of carboxylic acid groups (broad SMARTS) is 1. The molecule has 0 spiro atoms. The number of carbonyl (C=O) groups is 2. The fraction of sp³-hybridized carbons (Fsp3) is 0.467. The van der Waals surface area contributed by atoms with Gasteiger partial charge in [-0.15, -0.1) is 0 Å². The van der Waals surface area contributed by atoms with E-state index in [0.29, 0.717) is 17.5 Å². The number of aromatic carboxylic acids is 1. The lowest BCUT2D eigenvalue weighted by atomic mass is 9.98. The van der Waals surface area contributed by atoms with Crippen LogP contribution in [0.3, 0.4) is 0 Å². The number of hydrogen-bond acceptors (Lipinski definition) is 3. The first kappa shape index (κ1) is 16.9.